The Morgan fingerprint density at radius 2 is 2.05 bits per heavy atom. The van der Waals surface area contributed by atoms with Gasteiger partial charge in [0.05, 0.1) is 11.8 Å². The molecule has 0 fully saturated rings. The molecule has 5 heteroatoms. The average Bonchev–Trinajstić information content (AvgIpc) is 2.78. The lowest BCUT2D eigenvalue weighted by Crippen LogP contribution is -2.11. The van der Waals surface area contributed by atoms with Gasteiger partial charge in [0.25, 0.3) is 5.56 Å². The predicted molar refractivity (Wildman–Crippen MR) is 79.5 cm³/mol. The number of hydrogen-bond acceptors (Lipinski definition) is 3. The van der Waals surface area contributed by atoms with E-state index in [4.69, 9.17) is 7.85 Å². The Balaban J connectivity index is 2.08. The van der Waals surface area contributed by atoms with Crippen LogP contribution >= 0.6 is 11.3 Å². The summed E-state index contributed by atoms with van der Waals surface area (Å²) >= 11 is 1.29. The molecule has 3 rings (SSSR count). The van der Waals surface area contributed by atoms with Crippen molar-refractivity contribution in [1.29, 1.82) is 0 Å². The first-order valence-corrected chi connectivity index (χ1v) is 6.75. The van der Waals surface area contributed by atoms with E-state index in [0.717, 1.165) is 5.52 Å². The van der Waals surface area contributed by atoms with Crippen molar-refractivity contribution >= 4 is 34.2 Å². The zero-order chi connectivity index (χ0) is 13.4. The Kier molecular flexibility index (Phi) is 2.99. The second-order valence-corrected chi connectivity index (χ2v) is 5.61. The largest absolute Gasteiger partial charge is 0.326 e. The normalized spacial score (nSPS) is 11.0. The molecule has 2 aromatic heterocycles. The van der Waals surface area contributed by atoms with Crippen LogP contribution in [-0.2, 0) is 6.54 Å². The highest BCUT2D eigenvalue weighted by molar-refractivity contribution is 7.26. The van der Waals surface area contributed by atoms with Crippen molar-refractivity contribution in [2.75, 3.05) is 0 Å². The number of fused-ring (bicyclic) bond motifs is 1. The highest BCUT2D eigenvalue weighted by atomic mass is 32.1. The minimum atomic E-state index is -0.211. The van der Waals surface area contributed by atoms with Crippen molar-refractivity contribution in [3.8, 4) is 0 Å². The molecule has 0 aliphatic carbocycles. The van der Waals surface area contributed by atoms with Crippen LogP contribution in [0.1, 0.15) is 11.1 Å². The third-order valence-electron chi connectivity index (χ3n) is 3.02. The molecule has 2 radical (unpaired) electrons. The summed E-state index contributed by atoms with van der Waals surface area (Å²) in [6.45, 7) is 2.74. The number of thiophene rings is 1. The highest BCUT2D eigenvalue weighted by Crippen LogP contribution is 2.15. The molecular weight excluding hydrogens is 255 g/mol. The van der Waals surface area contributed by atoms with E-state index in [1.54, 1.807) is 6.33 Å². The van der Waals surface area contributed by atoms with Crippen LogP contribution in [0.2, 0.25) is 0 Å². The van der Waals surface area contributed by atoms with E-state index in [1.807, 2.05) is 10.6 Å². The minimum Gasteiger partial charge on any atom is -0.326 e. The lowest BCUT2D eigenvalue weighted by atomic mass is 10.1. The Hall–Kier alpha value is -1.88. The van der Waals surface area contributed by atoms with Gasteiger partial charge in [0.1, 0.15) is 12.5 Å². The molecule has 0 saturated carbocycles. The molecule has 0 aliphatic rings. The summed E-state index contributed by atoms with van der Waals surface area (Å²) in [5, 5.41) is 0. The summed E-state index contributed by atoms with van der Waals surface area (Å²) in [5.74, 6) is 0. The van der Waals surface area contributed by atoms with Crippen LogP contribution in [0.25, 0.3) is 10.2 Å². The molecular formula is C14H11BN2OS. The van der Waals surface area contributed by atoms with E-state index < -0.39 is 0 Å². The van der Waals surface area contributed by atoms with Crippen LogP contribution < -0.4 is 10.3 Å². The van der Waals surface area contributed by atoms with Gasteiger partial charge in [-0.15, -0.1) is 11.3 Å². The maximum absolute atomic E-state index is 11.7. The first-order chi connectivity index (χ1) is 9.13. The predicted octanol–water partition coefficient (Wildman–Crippen LogP) is 1.61. The molecule has 3 nitrogen and oxygen atoms in total. The highest BCUT2D eigenvalue weighted by Gasteiger charge is 2.07. The summed E-state index contributed by atoms with van der Waals surface area (Å²) in [6, 6.07) is 10.1. The molecule has 3 aromatic rings. The van der Waals surface area contributed by atoms with Crippen molar-refractivity contribution in [1.82, 2.24) is 9.55 Å². The van der Waals surface area contributed by atoms with Crippen LogP contribution in [0.4, 0.5) is 0 Å². The monoisotopic (exact) mass is 266 g/mol. The Morgan fingerprint density at radius 1 is 1.32 bits per heavy atom. The summed E-state index contributed by atoms with van der Waals surface area (Å²) in [4.78, 5) is 15.6. The maximum atomic E-state index is 11.7. The fourth-order valence-corrected chi connectivity index (χ4v) is 2.85. The van der Waals surface area contributed by atoms with Crippen molar-refractivity contribution in [2.24, 2.45) is 0 Å². The number of nitrogens with zero attached hydrogens (tertiary/aromatic N) is 2. The summed E-state index contributed by atoms with van der Waals surface area (Å²) < 4.78 is 3.21. The van der Waals surface area contributed by atoms with Gasteiger partial charge in [0.2, 0.25) is 0 Å². The zero-order valence-electron chi connectivity index (χ0n) is 10.5. The number of aryl methyl sites for hydroxylation is 1. The van der Waals surface area contributed by atoms with Crippen LogP contribution in [-0.4, -0.2) is 17.4 Å². The molecule has 92 valence electrons. The van der Waals surface area contributed by atoms with E-state index in [2.05, 4.69) is 36.2 Å². The van der Waals surface area contributed by atoms with Crippen molar-refractivity contribution in [3.63, 3.8) is 0 Å². The van der Waals surface area contributed by atoms with Crippen molar-refractivity contribution in [3.05, 3.63) is 58.1 Å². The molecule has 2 heterocycles. The van der Waals surface area contributed by atoms with Crippen LogP contribution in [0.5, 0.6) is 0 Å². The smallest absolute Gasteiger partial charge is 0.290 e. The van der Waals surface area contributed by atoms with Gasteiger partial charge in [0.15, 0.2) is 0 Å². The third kappa shape index (κ3) is 2.33. The van der Waals surface area contributed by atoms with Crippen LogP contribution in [0, 0.1) is 6.92 Å². The van der Waals surface area contributed by atoms with Gasteiger partial charge in [-0.3, -0.25) is 4.79 Å². The molecule has 0 spiro atoms. The Morgan fingerprint density at radius 3 is 2.79 bits per heavy atom. The van der Waals surface area contributed by atoms with Gasteiger partial charge in [-0.2, -0.15) is 4.98 Å². The van der Waals surface area contributed by atoms with Gasteiger partial charge in [-0.05, 0) is 23.3 Å². The molecule has 0 unspecified atom stereocenters. The fraction of sp³-hybridized carbons (Fsp3) is 0.143. The number of rotatable bonds is 2. The Labute approximate surface area is 116 Å². The maximum Gasteiger partial charge on any atom is 0.290 e. The van der Waals surface area contributed by atoms with Crippen molar-refractivity contribution in [2.45, 2.75) is 13.5 Å². The molecule has 0 saturated heterocycles. The quantitative estimate of drug-likeness (QED) is 0.660. The van der Waals surface area contributed by atoms with Gasteiger partial charge in [-0.25, -0.2) is 0 Å². The summed E-state index contributed by atoms with van der Waals surface area (Å²) in [5.41, 5.74) is 3.04. The lowest BCUT2D eigenvalue weighted by Gasteiger charge is -2.07. The Bertz CT molecular complexity index is 789. The standard InChI is InChI=1S/C14H11BN2OS/c1-9-2-4-10(5-3-9)7-17-8-16-14(18)13-11(17)6-12(15)19-13/h2-6,8H,7H2,1H3. The second-order valence-electron chi connectivity index (χ2n) is 4.53. The zero-order valence-corrected chi connectivity index (χ0v) is 11.3. The minimum absolute atomic E-state index is 0.211. The van der Waals surface area contributed by atoms with Crippen molar-refractivity contribution < 1.29 is 0 Å². The average molecular weight is 266 g/mol. The fourth-order valence-electron chi connectivity index (χ4n) is 2.03. The molecule has 0 aliphatic heterocycles. The topological polar surface area (TPSA) is 34.9 Å². The summed E-state index contributed by atoms with van der Waals surface area (Å²) in [7, 11) is 5.78. The molecule has 0 bridgehead atoms. The molecule has 19 heavy (non-hydrogen) atoms. The number of hydrogen-bond donors (Lipinski definition) is 0. The lowest BCUT2D eigenvalue weighted by molar-refractivity contribution is 0.799. The molecule has 0 amide bonds. The van der Waals surface area contributed by atoms with E-state index >= 15 is 0 Å². The van der Waals surface area contributed by atoms with Gasteiger partial charge < -0.3 is 4.57 Å². The first-order valence-electron chi connectivity index (χ1n) is 5.93. The number of aromatic nitrogens is 2. The van der Waals surface area contributed by atoms with Gasteiger partial charge >= 0.3 is 0 Å². The number of benzene rings is 1. The van der Waals surface area contributed by atoms with Crippen LogP contribution in [0.3, 0.4) is 0 Å². The molecule has 1 aromatic carbocycles. The molecule has 0 N–H and O–H groups in total. The SMILES string of the molecule is [B]c1cc2c(s1)c(=O)ncn2Cc1ccc(C)cc1. The van der Waals surface area contributed by atoms with E-state index in [1.165, 1.54) is 22.5 Å². The van der Waals surface area contributed by atoms with E-state index in [0.29, 0.717) is 16.0 Å². The van der Waals surface area contributed by atoms with E-state index in [-0.39, 0.29) is 5.56 Å². The summed E-state index contributed by atoms with van der Waals surface area (Å²) in [6.07, 6.45) is 1.58. The first kappa shape index (κ1) is 12.2. The van der Waals surface area contributed by atoms with Crippen LogP contribution in [0.15, 0.2) is 41.5 Å². The second kappa shape index (κ2) is 4.66. The third-order valence-corrected chi connectivity index (χ3v) is 3.96. The molecule has 0 atom stereocenters. The van der Waals surface area contributed by atoms with Gasteiger partial charge in [-0.1, -0.05) is 29.8 Å². The van der Waals surface area contributed by atoms with E-state index in [9.17, 15) is 4.79 Å². The van der Waals surface area contributed by atoms with Gasteiger partial charge in [0, 0.05) is 6.54 Å².